The number of carbonyl (C=O) groups is 1. The molecule has 0 N–H and O–H groups in total. The Morgan fingerprint density at radius 2 is 1.91 bits per heavy atom. The van der Waals surface area contributed by atoms with Gasteiger partial charge in [0.15, 0.2) is 5.78 Å². The maximum atomic E-state index is 11.2. The van der Waals surface area contributed by atoms with Gasteiger partial charge in [-0.15, -0.1) is 0 Å². The Balaban J connectivity index is 2.39. The summed E-state index contributed by atoms with van der Waals surface area (Å²) in [5.74, 6) is 0.855. The van der Waals surface area contributed by atoms with Crippen LogP contribution >= 0.6 is 0 Å². The number of rotatable bonds is 10. The molecular weight excluding hydrogens is 276 g/mol. The summed E-state index contributed by atoms with van der Waals surface area (Å²) in [5, 5.41) is 0. The molecule has 0 aliphatic heterocycles. The van der Waals surface area contributed by atoms with E-state index in [0.717, 1.165) is 31.6 Å². The highest BCUT2D eigenvalue weighted by atomic mass is 16.5. The van der Waals surface area contributed by atoms with Crippen molar-refractivity contribution < 1.29 is 14.3 Å². The molecule has 0 aromatic heterocycles. The number of Topliss-reactive ketones (excluding diaryl/α,β-unsaturated/α-hetero) is 1. The number of ketones is 1. The molecular formula is C19H28O3. The average molecular weight is 304 g/mol. The van der Waals surface area contributed by atoms with Gasteiger partial charge >= 0.3 is 0 Å². The quantitative estimate of drug-likeness (QED) is 0.459. The molecule has 0 fully saturated rings. The minimum absolute atomic E-state index is 0.0704. The van der Waals surface area contributed by atoms with Gasteiger partial charge < -0.3 is 9.47 Å². The van der Waals surface area contributed by atoms with Crippen LogP contribution in [0, 0.1) is 0 Å². The lowest BCUT2D eigenvalue weighted by Gasteiger charge is -2.11. The fraction of sp³-hybridized carbons (Fsp3) is 0.526. The van der Waals surface area contributed by atoms with Crippen molar-refractivity contribution in [2.75, 3.05) is 13.2 Å². The molecule has 3 heteroatoms. The van der Waals surface area contributed by atoms with E-state index in [1.54, 1.807) is 19.1 Å². The monoisotopic (exact) mass is 304 g/mol. The first-order valence-electron chi connectivity index (χ1n) is 8.10. The third-order valence-electron chi connectivity index (χ3n) is 3.74. The molecule has 1 aromatic rings. The SMILES string of the molecule is CCC(=CCOc1ccc(C(C)=O)cc1)CCOC(C)CC. The molecule has 122 valence electrons. The van der Waals surface area contributed by atoms with Gasteiger partial charge in [-0.05, 0) is 63.5 Å². The lowest BCUT2D eigenvalue weighted by Crippen LogP contribution is -2.08. The maximum Gasteiger partial charge on any atom is 0.159 e. The van der Waals surface area contributed by atoms with Crippen LogP contribution in [0.2, 0.25) is 0 Å². The summed E-state index contributed by atoms with van der Waals surface area (Å²) in [4.78, 5) is 11.2. The normalized spacial score (nSPS) is 13.0. The Bertz CT molecular complexity index is 474. The molecule has 0 saturated carbocycles. The van der Waals surface area contributed by atoms with Gasteiger partial charge in [-0.3, -0.25) is 4.79 Å². The highest BCUT2D eigenvalue weighted by Crippen LogP contribution is 2.14. The molecule has 1 aromatic carbocycles. The minimum atomic E-state index is 0.0704. The smallest absolute Gasteiger partial charge is 0.159 e. The van der Waals surface area contributed by atoms with E-state index >= 15 is 0 Å². The molecule has 0 aliphatic carbocycles. The summed E-state index contributed by atoms with van der Waals surface area (Å²) < 4.78 is 11.4. The van der Waals surface area contributed by atoms with Gasteiger partial charge in [0.05, 0.1) is 12.7 Å². The van der Waals surface area contributed by atoms with Crippen molar-refractivity contribution in [2.45, 2.75) is 53.1 Å². The summed E-state index contributed by atoms with van der Waals surface area (Å²) >= 11 is 0. The van der Waals surface area contributed by atoms with E-state index in [0.29, 0.717) is 18.3 Å². The zero-order chi connectivity index (χ0) is 16.4. The fourth-order valence-corrected chi connectivity index (χ4v) is 1.97. The zero-order valence-corrected chi connectivity index (χ0v) is 14.2. The Labute approximate surface area is 134 Å². The molecule has 0 bridgehead atoms. The molecule has 1 atom stereocenters. The molecule has 3 nitrogen and oxygen atoms in total. The molecule has 0 spiro atoms. The maximum absolute atomic E-state index is 11.2. The highest BCUT2D eigenvalue weighted by Gasteiger charge is 2.01. The highest BCUT2D eigenvalue weighted by molar-refractivity contribution is 5.94. The second-order valence-electron chi connectivity index (χ2n) is 5.45. The summed E-state index contributed by atoms with van der Waals surface area (Å²) in [6.07, 6.45) is 5.46. The molecule has 1 unspecified atom stereocenters. The summed E-state index contributed by atoms with van der Waals surface area (Å²) in [5.41, 5.74) is 2.06. The first-order chi connectivity index (χ1) is 10.6. The summed E-state index contributed by atoms with van der Waals surface area (Å²) in [6.45, 7) is 9.26. The van der Waals surface area contributed by atoms with Crippen LogP contribution in [0.15, 0.2) is 35.9 Å². The van der Waals surface area contributed by atoms with Crippen LogP contribution < -0.4 is 4.74 Å². The zero-order valence-electron chi connectivity index (χ0n) is 14.2. The van der Waals surface area contributed by atoms with E-state index in [-0.39, 0.29) is 5.78 Å². The molecule has 0 amide bonds. The van der Waals surface area contributed by atoms with Gasteiger partial charge in [0.1, 0.15) is 12.4 Å². The number of benzene rings is 1. The topological polar surface area (TPSA) is 35.5 Å². The summed E-state index contributed by atoms with van der Waals surface area (Å²) in [6, 6.07) is 7.26. The predicted molar refractivity (Wildman–Crippen MR) is 90.6 cm³/mol. The van der Waals surface area contributed by atoms with Crippen molar-refractivity contribution >= 4 is 5.78 Å². The van der Waals surface area contributed by atoms with Gasteiger partial charge in [0, 0.05) is 5.56 Å². The lowest BCUT2D eigenvalue weighted by atomic mass is 10.1. The van der Waals surface area contributed by atoms with Crippen LogP contribution in [0.1, 0.15) is 57.3 Å². The number of hydrogen-bond donors (Lipinski definition) is 0. The van der Waals surface area contributed by atoms with Crippen LogP contribution in [-0.4, -0.2) is 25.1 Å². The molecule has 0 heterocycles. The van der Waals surface area contributed by atoms with E-state index in [1.165, 1.54) is 5.57 Å². The van der Waals surface area contributed by atoms with Crippen molar-refractivity contribution in [3.63, 3.8) is 0 Å². The van der Waals surface area contributed by atoms with E-state index in [4.69, 9.17) is 9.47 Å². The second-order valence-corrected chi connectivity index (χ2v) is 5.45. The van der Waals surface area contributed by atoms with Gasteiger partial charge in [-0.1, -0.05) is 19.4 Å². The Kier molecular flexibility index (Phi) is 8.53. The standard InChI is InChI=1S/C19H28O3/c1-5-15(3)21-13-11-17(6-2)12-14-22-19-9-7-18(8-10-19)16(4)20/h7-10,12,15H,5-6,11,13-14H2,1-4H3. The first-order valence-corrected chi connectivity index (χ1v) is 8.10. The van der Waals surface area contributed by atoms with Crippen LogP contribution in [0.25, 0.3) is 0 Å². The average Bonchev–Trinajstić information content (AvgIpc) is 2.53. The van der Waals surface area contributed by atoms with E-state index in [2.05, 4.69) is 26.8 Å². The predicted octanol–water partition coefficient (Wildman–Crippen LogP) is 4.81. The molecule has 0 radical (unpaired) electrons. The van der Waals surface area contributed by atoms with Crippen molar-refractivity contribution in [1.82, 2.24) is 0 Å². The van der Waals surface area contributed by atoms with Crippen LogP contribution in [0.4, 0.5) is 0 Å². The largest absolute Gasteiger partial charge is 0.490 e. The fourth-order valence-electron chi connectivity index (χ4n) is 1.97. The Morgan fingerprint density at radius 1 is 1.23 bits per heavy atom. The number of carbonyl (C=O) groups excluding carboxylic acids is 1. The third kappa shape index (κ3) is 6.90. The third-order valence-corrected chi connectivity index (χ3v) is 3.74. The Morgan fingerprint density at radius 3 is 2.45 bits per heavy atom. The lowest BCUT2D eigenvalue weighted by molar-refractivity contribution is 0.0656. The van der Waals surface area contributed by atoms with Gasteiger partial charge in [-0.25, -0.2) is 0 Å². The summed E-state index contributed by atoms with van der Waals surface area (Å²) in [7, 11) is 0. The molecule has 1 rings (SSSR count). The van der Waals surface area contributed by atoms with Crippen LogP contribution in [-0.2, 0) is 4.74 Å². The van der Waals surface area contributed by atoms with Gasteiger partial charge in [-0.2, -0.15) is 0 Å². The number of hydrogen-bond acceptors (Lipinski definition) is 3. The molecule has 0 aliphatic rings. The molecule has 0 saturated heterocycles. The van der Waals surface area contributed by atoms with Gasteiger partial charge in [0.2, 0.25) is 0 Å². The van der Waals surface area contributed by atoms with Crippen molar-refractivity contribution in [3.05, 3.63) is 41.5 Å². The Hall–Kier alpha value is -1.61. The van der Waals surface area contributed by atoms with E-state index in [1.807, 2.05) is 12.1 Å². The van der Waals surface area contributed by atoms with Crippen LogP contribution in [0.3, 0.4) is 0 Å². The van der Waals surface area contributed by atoms with Crippen molar-refractivity contribution in [1.29, 1.82) is 0 Å². The van der Waals surface area contributed by atoms with E-state index < -0.39 is 0 Å². The van der Waals surface area contributed by atoms with Crippen LogP contribution in [0.5, 0.6) is 5.75 Å². The van der Waals surface area contributed by atoms with Crippen molar-refractivity contribution in [2.24, 2.45) is 0 Å². The van der Waals surface area contributed by atoms with Gasteiger partial charge in [0.25, 0.3) is 0 Å². The van der Waals surface area contributed by atoms with E-state index in [9.17, 15) is 4.79 Å². The molecule has 22 heavy (non-hydrogen) atoms. The second kappa shape index (κ2) is 10.2. The first kappa shape index (κ1) is 18.4. The number of ether oxygens (including phenoxy) is 2. The minimum Gasteiger partial charge on any atom is -0.490 e. The van der Waals surface area contributed by atoms with Crippen molar-refractivity contribution in [3.8, 4) is 5.75 Å².